The number of benzene rings is 2. The van der Waals surface area contributed by atoms with Crippen LogP contribution in [0.2, 0.25) is 0 Å². The van der Waals surface area contributed by atoms with Gasteiger partial charge in [0.15, 0.2) is 0 Å². The largest absolute Gasteiger partial charge is 0.384 e. The van der Waals surface area contributed by atoms with Gasteiger partial charge in [0.05, 0.1) is 0 Å². The van der Waals surface area contributed by atoms with E-state index in [1.807, 2.05) is 36.4 Å². The first-order valence-corrected chi connectivity index (χ1v) is 8.53. The van der Waals surface area contributed by atoms with Crippen molar-refractivity contribution in [1.82, 2.24) is 0 Å². The third kappa shape index (κ3) is 3.36. The first kappa shape index (κ1) is 15.0. The minimum Gasteiger partial charge on any atom is -0.384 e. The molecular weight excluding hydrogens is 539 g/mol. The molecule has 0 fully saturated rings. The summed E-state index contributed by atoms with van der Waals surface area (Å²) in [7, 11) is 0. The van der Waals surface area contributed by atoms with Crippen molar-refractivity contribution in [1.29, 1.82) is 0 Å². The van der Waals surface area contributed by atoms with Gasteiger partial charge < -0.3 is 5.11 Å². The molecule has 94 valence electrons. The maximum absolute atomic E-state index is 10.5. The summed E-state index contributed by atoms with van der Waals surface area (Å²) in [5.74, 6) is 0. The van der Waals surface area contributed by atoms with Crippen molar-refractivity contribution < 1.29 is 5.11 Å². The monoisotopic (exact) mass is 544 g/mol. The molecule has 1 N–H and O–H groups in total. The summed E-state index contributed by atoms with van der Waals surface area (Å²) in [4.78, 5) is 0. The van der Waals surface area contributed by atoms with Crippen LogP contribution in [0.5, 0.6) is 0 Å². The van der Waals surface area contributed by atoms with E-state index in [1.165, 1.54) is 0 Å². The Morgan fingerprint density at radius 3 is 2.11 bits per heavy atom. The van der Waals surface area contributed by atoms with Crippen LogP contribution in [-0.4, -0.2) is 5.11 Å². The lowest BCUT2D eigenvalue weighted by Gasteiger charge is -2.15. The van der Waals surface area contributed by atoms with E-state index in [1.54, 1.807) is 0 Å². The molecule has 0 saturated heterocycles. The molecule has 0 aliphatic heterocycles. The van der Waals surface area contributed by atoms with E-state index < -0.39 is 6.10 Å². The molecule has 1 atom stereocenters. The van der Waals surface area contributed by atoms with Crippen molar-refractivity contribution in [3.63, 3.8) is 0 Å². The summed E-state index contributed by atoms with van der Waals surface area (Å²) in [6, 6.07) is 11.7. The van der Waals surface area contributed by atoms with Gasteiger partial charge in [-0.3, -0.25) is 0 Å². The number of halogens is 4. The van der Waals surface area contributed by atoms with Crippen LogP contribution in [0.4, 0.5) is 0 Å². The summed E-state index contributed by atoms with van der Waals surface area (Å²) >= 11 is 12.6. The SMILES string of the molecule is OC(c1cc(Br)ccc1Br)c1cc(I)ccc1Br. The van der Waals surface area contributed by atoms with Crippen molar-refractivity contribution in [3.05, 3.63) is 64.5 Å². The van der Waals surface area contributed by atoms with Gasteiger partial charge in [-0.05, 0) is 59.0 Å². The third-order valence-corrected chi connectivity index (χ3v) is 5.11. The third-order valence-electron chi connectivity index (χ3n) is 2.51. The van der Waals surface area contributed by atoms with Crippen LogP contribution >= 0.6 is 70.4 Å². The summed E-state index contributed by atoms with van der Waals surface area (Å²) < 4.78 is 3.84. The molecule has 2 aromatic rings. The fraction of sp³-hybridized carbons (Fsp3) is 0.0769. The molecule has 0 spiro atoms. The zero-order valence-corrected chi connectivity index (χ0v) is 15.9. The fourth-order valence-corrected chi connectivity index (χ4v) is 3.44. The summed E-state index contributed by atoms with van der Waals surface area (Å²) in [5.41, 5.74) is 1.70. The van der Waals surface area contributed by atoms with E-state index in [0.29, 0.717) is 0 Å². The zero-order chi connectivity index (χ0) is 13.3. The Bertz CT molecular complexity index is 535. The summed E-state index contributed by atoms with van der Waals surface area (Å²) in [5, 5.41) is 10.5. The maximum Gasteiger partial charge on any atom is 0.106 e. The average molecular weight is 547 g/mol. The quantitative estimate of drug-likeness (QED) is 0.482. The molecule has 0 amide bonds. The van der Waals surface area contributed by atoms with Crippen molar-refractivity contribution in [2.24, 2.45) is 0 Å². The number of rotatable bonds is 2. The zero-order valence-electron chi connectivity index (χ0n) is 9.00. The Balaban J connectivity index is 2.50. The van der Waals surface area contributed by atoms with E-state index >= 15 is 0 Å². The molecule has 2 aromatic carbocycles. The first-order valence-electron chi connectivity index (χ1n) is 5.07. The van der Waals surface area contributed by atoms with E-state index in [9.17, 15) is 5.11 Å². The average Bonchev–Trinajstić information content (AvgIpc) is 2.34. The molecule has 2 rings (SSSR count). The molecule has 0 aliphatic carbocycles. The van der Waals surface area contributed by atoms with Crippen LogP contribution in [0.1, 0.15) is 17.2 Å². The molecule has 0 saturated carbocycles. The van der Waals surface area contributed by atoms with Crippen LogP contribution in [0.3, 0.4) is 0 Å². The van der Waals surface area contributed by atoms with Gasteiger partial charge in [-0.1, -0.05) is 47.8 Å². The molecule has 5 heteroatoms. The van der Waals surface area contributed by atoms with Gasteiger partial charge >= 0.3 is 0 Å². The highest BCUT2D eigenvalue weighted by molar-refractivity contribution is 14.1. The van der Waals surface area contributed by atoms with Crippen LogP contribution in [0.15, 0.2) is 49.8 Å². The van der Waals surface area contributed by atoms with Gasteiger partial charge in [-0.2, -0.15) is 0 Å². The number of hydrogen-bond donors (Lipinski definition) is 1. The maximum atomic E-state index is 10.5. The van der Waals surface area contributed by atoms with Gasteiger partial charge in [0.1, 0.15) is 6.10 Å². The lowest BCUT2D eigenvalue weighted by Crippen LogP contribution is -2.02. The van der Waals surface area contributed by atoms with Gasteiger partial charge in [0.25, 0.3) is 0 Å². The van der Waals surface area contributed by atoms with Gasteiger partial charge in [-0.25, -0.2) is 0 Å². The lowest BCUT2D eigenvalue weighted by molar-refractivity contribution is 0.218. The van der Waals surface area contributed by atoms with E-state index in [4.69, 9.17) is 0 Å². The van der Waals surface area contributed by atoms with Gasteiger partial charge in [-0.15, -0.1) is 0 Å². The molecule has 0 aliphatic rings. The van der Waals surface area contributed by atoms with Crippen LogP contribution in [0.25, 0.3) is 0 Å². The number of hydrogen-bond acceptors (Lipinski definition) is 1. The Hall–Kier alpha value is 0.570. The minimum atomic E-state index is -0.666. The Morgan fingerprint density at radius 1 is 0.889 bits per heavy atom. The highest BCUT2D eigenvalue weighted by Crippen LogP contribution is 2.34. The van der Waals surface area contributed by atoms with Gasteiger partial charge in [0.2, 0.25) is 0 Å². The lowest BCUT2D eigenvalue weighted by atomic mass is 10.0. The van der Waals surface area contributed by atoms with Crippen LogP contribution in [-0.2, 0) is 0 Å². The van der Waals surface area contributed by atoms with Crippen LogP contribution < -0.4 is 0 Å². The number of aliphatic hydroxyl groups excluding tert-OH is 1. The molecule has 1 nitrogen and oxygen atoms in total. The highest BCUT2D eigenvalue weighted by Gasteiger charge is 2.17. The second-order valence-electron chi connectivity index (χ2n) is 3.73. The van der Waals surface area contributed by atoms with E-state index in [0.717, 1.165) is 28.1 Å². The normalized spacial score (nSPS) is 12.5. The molecule has 0 aromatic heterocycles. The molecule has 0 bridgehead atoms. The van der Waals surface area contributed by atoms with Crippen molar-refractivity contribution in [2.75, 3.05) is 0 Å². The minimum absolute atomic E-state index is 0.666. The second kappa shape index (κ2) is 6.35. The smallest absolute Gasteiger partial charge is 0.106 e. The van der Waals surface area contributed by atoms with Crippen LogP contribution in [0, 0.1) is 3.57 Å². The summed E-state index contributed by atoms with van der Waals surface area (Å²) in [6.07, 6.45) is -0.666. The van der Waals surface area contributed by atoms with Crippen molar-refractivity contribution >= 4 is 70.4 Å². The summed E-state index contributed by atoms with van der Waals surface area (Å²) in [6.45, 7) is 0. The van der Waals surface area contributed by atoms with E-state index in [2.05, 4.69) is 70.4 Å². The second-order valence-corrected chi connectivity index (χ2v) is 7.60. The number of aliphatic hydroxyl groups is 1. The Morgan fingerprint density at radius 2 is 1.44 bits per heavy atom. The van der Waals surface area contributed by atoms with Crippen molar-refractivity contribution in [3.8, 4) is 0 Å². The highest BCUT2D eigenvalue weighted by atomic mass is 127. The van der Waals surface area contributed by atoms with E-state index in [-0.39, 0.29) is 0 Å². The van der Waals surface area contributed by atoms with Crippen molar-refractivity contribution in [2.45, 2.75) is 6.10 Å². The molecule has 0 heterocycles. The predicted molar refractivity (Wildman–Crippen MR) is 92.8 cm³/mol. The first-order chi connectivity index (χ1) is 8.49. The fourth-order valence-electron chi connectivity index (χ4n) is 1.62. The standard InChI is InChI=1S/C13H8Br3IO/c14-7-1-3-11(15)9(5-7)13(18)10-6-8(17)2-4-12(10)16/h1-6,13,18H. The molecule has 18 heavy (non-hydrogen) atoms. The molecular formula is C13H8Br3IO. The predicted octanol–water partition coefficient (Wildman–Crippen LogP) is 5.66. The Kier molecular flexibility index (Phi) is 5.28. The molecule has 0 radical (unpaired) electrons. The Labute approximate surface area is 145 Å². The molecule has 1 unspecified atom stereocenters. The topological polar surface area (TPSA) is 20.2 Å². The van der Waals surface area contributed by atoms with Gasteiger partial charge in [0, 0.05) is 28.1 Å².